The number of rotatable bonds is 4. The molecule has 4 nitrogen and oxygen atoms in total. The molecule has 0 bridgehead atoms. The number of nitrogens with two attached hydrogens (primary N) is 1. The maximum Gasteiger partial charge on any atom is 0.252 e. The highest BCUT2D eigenvalue weighted by Gasteiger charge is 2.10. The third-order valence-electron chi connectivity index (χ3n) is 2.02. The minimum absolute atomic E-state index is 0.0968. The van der Waals surface area contributed by atoms with E-state index in [4.69, 9.17) is 18.0 Å². The fraction of sp³-hybridized carbons (Fsp3) is 0.300. The van der Waals surface area contributed by atoms with Crippen molar-refractivity contribution in [1.82, 2.24) is 10.3 Å². The Morgan fingerprint density at radius 2 is 2.38 bits per heavy atom. The van der Waals surface area contributed by atoms with Crippen LogP contribution in [0.2, 0.25) is 0 Å². The summed E-state index contributed by atoms with van der Waals surface area (Å²) in [7, 11) is 0. The monoisotopic (exact) mass is 241 g/mol. The Bertz CT molecular complexity index is 411. The molecule has 0 aliphatic heterocycles. The zero-order chi connectivity index (χ0) is 12.1. The molecular formula is C10H12FN3OS. The Morgan fingerprint density at radius 1 is 1.69 bits per heavy atom. The molecule has 0 saturated heterocycles. The van der Waals surface area contributed by atoms with Crippen LogP contribution in [0.3, 0.4) is 0 Å². The lowest BCUT2D eigenvalue weighted by atomic mass is 10.2. The number of nitrogens with one attached hydrogen (secondary N) is 1. The van der Waals surface area contributed by atoms with Crippen LogP contribution in [0.15, 0.2) is 18.5 Å². The standard InChI is InChI=1S/C10H12FN3OS/c1-6(9(12)16)3-14-10(15)7-2-8(11)5-13-4-7/h2,4-6H,3H2,1H3,(H2,12,16)(H,14,15). The molecule has 0 aromatic carbocycles. The maximum absolute atomic E-state index is 12.8. The molecule has 3 N–H and O–H groups in total. The van der Waals surface area contributed by atoms with Crippen molar-refractivity contribution in [1.29, 1.82) is 0 Å². The fourth-order valence-corrected chi connectivity index (χ4v) is 1.07. The Hall–Kier alpha value is -1.56. The van der Waals surface area contributed by atoms with E-state index < -0.39 is 11.7 Å². The van der Waals surface area contributed by atoms with Gasteiger partial charge in [0.05, 0.1) is 16.7 Å². The quantitative estimate of drug-likeness (QED) is 0.768. The number of hydrogen-bond acceptors (Lipinski definition) is 3. The lowest BCUT2D eigenvalue weighted by Gasteiger charge is -2.10. The summed E-state index contributed by atoms with van der Waals surface area (Å²) < 4.78 is 12.8. The highest BCUT2D eigenvalue weighted by atomic mass is 32.1. The third-order valence-corrected chi connectivity index (χ3v) is 2.42. The molecule has 1 heterocycles. The van der Waals surface area contributed by atoms with Gasteiger partial charge in [-0.15, -0.1) is 0 Å². The van der Waals surface area contributed by atoms with Crippen LogP contribution in [0.1, 0.15) is 17.3 Å². The molecule has 6 heteroatoms. The Labute approximate surface area is 98.1 Å². The van der Waals surface area contributed by atoms with Crippen LogP contribution in [-0.4, -0.2) is 22.4 Å². The average molecular weight is 241 g/mol. The highest BCUT2D eigenvalue weighted by Crippen LogP contribution is 2.01. The first-order valence-corrected chi connectivity index (χ1v) is 5.09. The number of halogens is 1. The molecular weight excluding hydrogens is 229 g/mol. The third kappa shape index (κ3) is 3.54. The van der Waals surface area contributed by atoms with Crippen molar-refractivity contribution >= 4 is 23.1 Å². The van der Waals surface area contributed by atoms with Crippen LogP contribution in [0.25, 0.3) is 0 Å². The van der Waals surface area contributed by atoms with Gasteiger partial charge in [-0.05, 0) is 6.07 Å². The molecule has 1 aromatic heterocycles. The van der Waals surface area contributed by atoms with Gasteiger partial charge in [0.2, 0.25) is 0 Å². The summed E-state index contributed by atoms with van der Waals surface area (Å²) in [6.07, 6.45) is 2.33. The zero-order valence-electron chi connectivity index (χ0n) is 8.74. The highest BCUT2D eigenvalue weighted by molar-refractivity contribution is 7.80. The Kier molecular flexibility index (Phi) is 4.30. The second-order valence-electron chi connectivity index (χ2n) is 3.41. The van der Waals surface area contributed by atoms with Crippen molar-refractivity contribution in [2.24, 2.45) is 11.7 Å². The minimum Gasteiger partial charge on any atom is -0.393 e. The number of carbonyl (C=O) groups excluding carboxylic acids is 1. The molecule has 86 valence electrons. The topological polar surface area (TPSA) is 68.0 Å². The molecule has 16 heavy (non-hydrogen) atoms. The molecule has 0 aliphatic rings. The van der Waals surface area contributed by atoms with Gasteiger partial charge < -0.3 is 11.1 Å². The largest absolute Gasteiger partial charge is 0.393 e. The van der Waals surface area contributed by atoms with Crippen LogP contribution in [0.5, 0.6) is 0 Å². The average Bonchev–Trinajstić information content (AvgIpc) is 2.25. The normalized spacial score (nSPS) is 11.9. The lowest BCUT2D eigenvalue weighted by molar-refractivity contribution is 0.0950. The molecule has 1 amide bonds. The Balaban J connectivity index is 2.56. The van der Waals surface area contributed by atoms with Crippen molar-refractivity contribution in [2.45, 2.75) is 6.92 Å². The predicted octanol–water partition coefficient (Wildman–Crippen LogP) is 0.873. The van der Waals surface area contributed by atoms with E-state index in [2.05, 4.69) is 10.3 Å². The summed E-state index contributed by atoms with van der Waals surface area (Å²) >= 11 is 4.76. The molecule has 1 aromatic rings. The number of amides is 1. The van der Waals surface area contributed by atoms with Crippen LogP contribution in [0, 0.1) is 11.7 Å². The van der Waals surface area contributed by atoms with E-state index in [-0.39, 0.29) is 11.5 Å². The smallest absolute Gasteiger partial charge is 0.252 e. The summed E-state index contributed by atoms with van der Waals surface area (Å²) in [5.41, 5.74) is 5.57. The molecule has 1 unspecified atom stereocenters. The first-order chi connectivity index (χ1) is 7.50. The van der Waals surface area contributed by atoms with Crippen molar-refractivity contribution in [2.75, 3.05) is 6.54 Å². The van der Waals surface area contributed by atoms with Gasteiger partial charge >= 0.3 is 0 Å². The van der Waals surface area contributed by atoms with Crippen molar-refractivity contribution < 1.29 is 9.18 Å². The first kappa shape index (κ1) is 12.5. The summed E-state index contributed by atoms with van der Waals surface area (Å²) in [5, 5.41) is 2.59. The minimum atomic E-state index is -0.546. The number of hydrogen-bond donors (Lipinski definition) is 2. The van der Waals surface area contributed by atoms with E-state index in [0.717, 1.165) is 12.3 Å². The van der Waals surface area contributed by atoms with Crippen LogP contribution < -0.4 is 11.1 Å². The molecule has 1 atom stereocenters. The second-order valence-corrected chi connectivity index (χ2v) is 3.88. The van der Waals surface area contributed by atoms with Gasteiger partial charge in [0.15, 0.2) is 0 Å². The fourth-order valence-electron chi connectivity index (χ4n) is 0.984. The number of aromatic nitrogens is 1. The van der Waals surface area contributed by atoms with E-state index in [1.165, 1.54) is 6.20 Å². The van der Waals surface area contributed by atoms with E-state index in [1.54, 1.807) is 6.92 Å². The van der Waals surface area contributed by atoms with Crippen molar-refractivity contribution in [3.05, 3.63) is 29.8 Å². The van der Waals surface area contributed by atoms with Gasteiger partial charge in [-0.3, -0.25) is 9.78 Å². The summed E-state index contributed by atoms with van der Waals surface area (Å²) in [6.45, 7) is 2.12. The second kappa shape index (κ2) is 5.50. The van der Waals surface area contributed by atoms with Crippen molar-refractivity contribution in [3.63, 3.8) is 0 Å². The maximum atomic E-state index is 12.8. The summed E-state index contributed by atoms with van der Waals surface area (Å²) in [5.74, 6) is -1.04. The van der Waals surface area contributed by atoms with E-state index in [0.29, 0.717) is 11.5 Å². The number of thiocarbonyl (C=S) groups is 1. The molecule has 0 spiro atoms. The van der Waals surface area contributed by atoms with E-state index in [1.807, 2.05) is 0 Å². The Morgan fingerprint density at radius 3 is 2.94 bits per heavy atom. The molecule has 0 saturated carbocycles. The molecule has 0 radical (unpaired) electrons. The number of pyridine rings is 1. The van der Waals surface area contributed by atoms with E-state index >= 15 is 0 Å². The lowest BCUT2D eigenvalue weighted by Crippen LogP contribution is -2.33. The SMILES string of the molecule is CC(CNC(=O)c1cncc(F)c1)C(N)=S. The first-order valence-electron chi connectivity index (χ1n) is 4.68. The molecule has 0 aliphatic carbocycles. The van der Waals surface area contributed by atoms with Crippen LogP contribution in [0.4, 0.5) is 4.39 Å². The van der Waals surface area contributed by atoms with Gasteiger partial charge in [0.1, 0.15) is 5.82 Å². The van der Waals surface area contributed by atoms with Gasteiger partial charge in [-0.25, -0.2) is 4.39 Å². The van der Waals surface area contributed by atoms with E-state index in [9.17, 15) is 9.18 Å². The zero-order valence-corrected chi connectivity index (χ0v) is 9.55. The van der Waals surface area contributed by atoms with Gasteiger partial charge in [0.25, 0.3) is 5.91 Å². The predicted molar refractivity (Wildman–Crippen MR) is 62.5 cm³/mol. The van der Waals surface area contributed by atoms with Gasteiger partial charge in [0, 0.05) is 18.7 Å². The summed E-state index contributed by atoms with van der Waals surface area (Å²) in [6, 6.07) is 1.12. The van der Waals surface area contributed by atoms with Crippen molar-refractivity contribution in [3.8, 4) is 0 Å². The number of carbonyl (C=O) groups is 1. The van der Waals surface area contributed by atoms with Crippen LogP contribution >= 0.6 is 12.2 Å². The number of nitrogens with zero attached hydrogens (tertiary/aromatic N) is 1. The van der Waals surface area contributed by atoms with Gasteiger partial charge in [-0.1, -0.05) is 19.1 Å². The molecule has 1 rings (SSSR count). The summed E-state index contributed by atoms with van der Waals surface area (Å²) in [4.78, 5) is 15.4. The molecule has 0 fully saturated rings. The van der Waals surface area contributed by atoms with Gasteiger partial charge in [-0.2, -0.15) is 0 Å². The van der Waals surface area contributed by atoms with Crippen LogP contribution in [-0.2, 0) is 0 Å².